The summed E-state index contributed by atoms with van der Waals surface area (Å²) < 4.78 is 5.04. The Morgan fingerprint density at radius 1 is 1.36 bits per heavy atom. The molecule has 0 aromatic heterocycles. The molecule has 14 heavy (non-hydrogen) atoms. The van der Waals surface area contributed by atoms with Gasteiger partial charge in [-0.15, -0.1) is 0 Å². The Morgan fingerprint density at radius 3 is 2.50 bits per heavy atom. The van der Waals surface area contributed by atoms with Gasteiger partial charge in [0.1, 0.15) is 5.75 Å². The van der Waals surface area contributed by atoms with Gasteiger partial charge in [-0.25, -0.2) is 0 Å². The van der Waals surface area contributed by atoms with Crippen molar-refractivity contribution in [3.63, 3.8) is 0 Å². The lowest BCUT2D eigenvalue weighted by Crippen LogP contribution is -1.90. The summed E-state index contributed by atoms with van der Waals surface area (Å²) in [6.07, 6.45) is 3.28. The second kappa shape index (κ2) is 5.32. The molecule has 0 spiro atoms. The van der Waals surface area contributed by atoms with Crippen LogP contribution in [-0.4, -0.2) is 12.2 Å². The Kier molecular flexibility index (Phi) is 4.05. The molecule has 76 valence electrons. The molecule has 0 aliphatic carbocycles. The predicted octanol–water partition coefficient (Wildman–Crippen LogP) is 3.09. The minimum atomic E-state index is 0.428. The summed E-state index contributed by atoms with van der Waals surface area (Å²) in [5.74, 6) is 1.27. The van der Waals surface area contributed by atoms with E-state index in [4.69, 9.17) is 4.74 Å². The smallest absolute Gasteiger partial charge is 0.118 e. The van der Waals surface area contributed by atoms with Crippen molar-refractivity contribution in [2.24, 2.45) is 0 Å². The molecule has 0 saturated carbocycles. The summed E-state index contributed by atoms with van der Waals surface area (Å²) in [5, 5.41) is 9.46. The highest BCUT2D eigenvalue weighted by Crippen LogP contribution is 2.13. The van der Waals surface area contributed by atoms with Crippen molar-refractivity contribution in [2.45, 2.75) is 19.8 Å². The van der Waals surface area contributed by atoms with E-state index >= 15 is 0 Å². The fourth-order valence-electron chi connectivity index (χ4n) is 1.26. The standard InChI is InChI=1S/C12H16O2/c1-3-4-11(13)9-10-5-7-12(14-2)8-6-10/h4-8,13H,3,9H2,1-2H3/b11-4+. The predicted molar refractivity (Wildman–Crippen MR) is 57.7 cm³/mol. The normalized spacial score (nSPS) is 11.4. The van der Waals surface area contributed by atoms with E-state index in [0.29, 0.717) is 12.2 Å². The van der Waals surface area contributed by atoms with Crippen molar-refractivity contribution >= 4 is 0 Å². The largest absolute Gasteiger partial charge is 0.512 e. The van der Waals surface area contributed by atoms with Crippen molar-refractivity contribution in [3.05, 3.63) is 41.7 Å². The lowest BCUT2D eigenvalue weighted by Gasteiger charge is -2.02. The first-order chi connectivity index (χ1) is 6.76. The van der Waals surface area contributed by atoms with Crippen molar-refractivity contribution in [1.29, 1.82) is 0 Å². The first-order valence-electron chi connectivity index (χ1n) is 4.77. The van der Waals surface area contributed by atoms with Crippen molar-refractivity contribution in [1.82, 2.24) is 0 Å². The van der Waals surface area contributed by atoms with E-state index < -0.39 is 0 Å². The van der Waals surface area contributed by atoms with Crippen molar-refractivity contribution in [2.75, 3.05) is 7.11 Å². The summed E-state index contributed by atoms with van der Waals surface area (Å²) in [7, 11) is 1.64. The van der Waals surface area contributed by atoms with Gasteiger partial charge in [-0.2, -0.15) is 0 Å². The van der Waals surface area contributed by atoms with Gasteiger partial charge in [-0.1, -0.05) is 19.1 Å². The summed E-state index contributed by atoms with van der Waals surface area (Å²) in [4.78, 5) is 0. The van der Waals surface area contributed by atoms with Crippen LogP contribution in [0.4, 0.5) is 0 Å². The van der Waals surface area contributed by atoms with E-state index in [1.165, 1.54) is 0 Å². The summed E-state index contributed by atoms with van der Waals surface area (Å²) in [6.45, 7) is 2.00. The second-order valence-electron chi connectivity index (χ2n) is 3.13. The van der Waals surface area contributed by atoms with E-state index in [9.17, 15) is 5.11 Å². The Hall–Kier alpha value is -1.44. The summed E-state index contributed by atoms with van der Waals surface area (Å²) >= 11 is 0. The van der Waals surface area contributed by atoms with Crippen LogP contribution in [0.15, 0.2) is 36.1 Å². The van der Waals surface area contributed by atoms with Crippen LogP contribution in [0.3, 0.4) is 0 Å². The Balaban J connectivity index is 2.64. The van der Waals surface area contributed by atoms with Crippen LogP contribution in [0.25, 0.3) is 0 Å². The van der Waals surface area contributed by atoms with Gasteiger partial charge in [-0.05, 0) is 30.2 Å². The fourth-order valence-corrected chi connectivity index (χ4v) is 1.26. The molecule has 0 bridgehead atoms. The molecule has 2 heteroatoms. The monoisotopic (exact) mass is 192 g/mol. The molecule has 0 saturated heterocycles. The van der Waals surface area contributed by atoms with Gasteiger partial charge >= 0.3 is 0 Å². The molecule has 1 rings (SSSR count). The highest BCUT2D eigenvalue weighted by Gasteiger charge is 1.97. The molecular weight excluding hydrogens is 176 g/mol. The molecule has 0 fully saturated rings. The molecule has 0 aliphatic heterocycles. The third kappa shape index (κ3) is 3.13. The van der Waals surface area contributed by atoms with E-state index in [0.717, 1.165) is 17.7 Å². The van der Waals surface area contributed by atoms with Crippen LogP contribution in [0.1, 0.15) is 18.9 Å². The molecule has 0 amide bonds. The topological polar surface area (TPSA) is 29.5 Å². The lowest BCUT2D eigenvalue weighted by atomic mass is 10.1. The number of aliphatic hydroxyl groups excluding tert-OH is 1. The van der Waals surface area contributed by atoms with Gasteiger partial charge in [0, 0.05) is 6.42 Å². The van der Waals surface area contributed by atoms with Crippen molar-refractivity contribution < 1.29 is 9.84 Å². The van der Waals surface area contributed by atoms with Crippen molar-refractivity contribution in [3.8, 4) is 5.75 Å². The van der Waals surface area contributed by atoms with Crippen LogP contribution in [0.5, 0.6) is 5.75 Å². The molecule has 0 unspecified atom stereocenters. The SMILES string of the molecule is CC/C=C(/O)Cc1ccc(OC)cc1. The molecule has 0 aliphatic rings. The zero-order valence-electron chi connectivity index (χ0n) is 8.66. The quantitative estimate of drug-likeness (QED) is 0.743. The van der Waals surface area contributed by atoms with Gasteiger partial charge in [0.25, 0.3) is 0 Å². The highest BCUT2D eigenvalue weighted by molar-refractivity contribution is 5.28. The minimum Gasteiger partial charge on any atom is -0.512 e. The van der Waals surface area contributed by atoms with Gasteiger partial charge in [0.2, 0.25) is 0 Å². The average Bonchev–Trinajstić information content (AvgIpc) is 2.19. The lowest BCUT2D eigenvalue weighted by molar-refractivity contribution is 0.395. The molecule has 2 nitrogen and oxygen atoms in total. The van der Waals surface area contributed by atoms with E-state index in [-0.39, 0.29) is 0 Å². The molecule has 1 aromatic rings. The van der Waals surface area contributed by atoms with Gasteiger partial charge in [-0.3, -0.25) is 0 Å². The van der Waals surface area contributed by atoms with Crippen LogP contribution < -0.4 is 4.74 Å². The van der Waals surface area contributed by atoms with Crippen LogP contribution in [-0.2, 0) is 6.42 Å². The number of ether oxygens (including phenoxy) is 1. The number of hydrogen-bond donors (Lipinski definition) is 1. The zero-order valence-corrected chi connectivity index (χ0v) is 8.66. The molecule has 1 aromatic carbocycles. The maximum Gasteiger partial charge on any atom is 0.118 e. The van der Waals surface area contributed by atoms with Crippen LogP contribution in [0, 0.1) is 0 Å². The number of allylic oxidation sites excluding steroid dienone is 2. The van der Waals surface area contributed by atoms with Gasteiger partial charge in [0.05, 0.1) is 12.9 Å². The summed E-state index contributed by atoms with van der Waals surface area (Å²) in [6, 6.07) is 7.71. The summed E-state index contributed by atoms with van der Waals surface area (Å²) in [5.41, 5.74) is 1.09. The van der Waals surface area contributed by atoms with Crippen LogP contribution >= 0.6 is 0 Å². The number of benzene rings is 1. The third-order valence-electron chi connectivity index (χ3n) is 1.98. The molecule has 0 heterocycles. The molecule has 0 atom stereocenters. The minimum absolute atomic E-state index is 0.428. The van der Waals surface area contributed by atoms with Gasteiger partial charge < -0.3 is 9.84 Å². The first kappa shape index (κ1) is 10.6. The second-order valence-corrected chi connectivity index (χ2v) is 3.13. The van der Waals surface area contributed by atoms with Gasteiger partial charge in [0.15, 0.2) is 0 Å². The number of methoxy groups -OCH3 is 1. The van der Waals surface area contributed by atoms with E-state index in [2.05, 4.69) is 0 Å². The number of rotatable bonds is 4. The Bertz CT molecular complexity index is 299. The maximum atomic E-state index is 9.46. The molecular formula is C12H16O2. The number of hydrogen-bond acceptors (Lipinski definition) is 2. The zero-order chi connectivity index (χ0) is 10.4. The highest BCUT2D eigenvalue weighted by atomic mass is 16.5. The first-order valence-corrected chi connectivity index (χ1v) is 4.77. The number of aliphatic hydroxyl groups is 1. The fraction of sp³-hybridized carbons (Fsp3) is 0.333. The Morgan fingerprint density at radius 2 is 2.00 bits per heavy atom. The van der Waals surface area contributed by atoms with Crippen LogP contribution in [0.2, 0.25) is 0 Å². The third-order valence-corrected chi connectivity index (χ3v) is 1.98. The average molecular weight is 192 g/mol. The Labute approximate surface area is 84.8 Å². The molecule has 0 radical (unpaired) electrons. The maximum absolute atomic E-state index is 9.46. The van der Waals surface area contributed by atoms with E-state index in [1.54, 1.807) is 7.11 Å². The van der Waals surface area contributed by atoms with E-state index in [1.807, 2.05) is 37.3 Å². The molecule has 1 N–H and O–H groups in total.